The van der Waals surface area contributed by atoms with E-state index in [9.17, 15) is 9.18 Å². The van der Waals surface area contributed by atoms with E-state index in [1.165, 1.54) is 6.07 Å². The molecule has 1 atom stereocenters. The van der Waals surface area contributed by atoms with Gasteiger partial charge >= 0.3 is 0 Å². The van der Waals surface area contributed by atoms with Crippen LogP contribution in [0, 0.1) is 23.1 Å². The molecule has 1 aromatic carbocycles. The van der Waals surface area contributed by atoms with Crippen LogP contribution in [0.15, 0.2) is 30.1 Å². The smallest absolute Gasteiger partial charge is 0.225 e. The van der Waals surface area contributed by atoms with Crippen molar-refractivity contribution in [3.63, 3.8) is 0 Å². The van der Waals surface area contributed by atoms with E-state index in [0.29, 0.717) is 18.4 Å². The second kappa shape index (κ2) is 6.64. The van der Waals surface area contributed by atoms with Crippen molar-refractivity contribution < 1.29 is 9.18 Å². The molecule has 0 N–H and O–H groups in total. The number of fused-ring (bicyclic) bond motifs is 1. The minimum atomic E-state index is -0.474. The number of nitrogens with zero attached hydrogens (tertiary/aromatic N) is 4. The highest BCUT2D eigenvalue weighted by Crippen LogP contribution is 2.33. The van der Waals surface area contributed by atoms with Gasteiger partial charge in [-0.1, -0.05) is 6.07 Å². The van der Waals surface area contributed by atoms with Crippen LogP contribution in [0.4, 0.5) is 4.39 Å². The Balaban J connectivity index is 1.45. The van der Waals surface area contributed by atoms with Crippen LogP contribution in [0.5, 0.6) is 0 Å². The van der Waals surface area contributed by atoms with Crippen molar-refractivity contribution in [2.24, 2.45) is 5.92 Å². The number of carbonyl (C=O) groups is 1. The minimum Gasteiger partial charge on any atom is -0.359 e. The highest BCUT2D eigenvalue weighted by Gasteiger charge is 2.40. The highest BCUT2D eigenvalue weighted by molar-refractivity contribution is 5.81. The second-order valence-corrected chi connectivity index (χ2v) is 7.48. The molecule has 1 amide bonds. The number of piperazine rings is 1. The standard InChI is InChI=1S/C20H23FN4O/c1-23-12-17-13-24(20(26)15-4-5-15)8-9-25(17)19(23)7-3-14-2-6-18(21)16(10-14)11-22/h2,6-7,10,15,17H,3-5,8-9,12-13H2,1H3/b19-7+. The Morgan fingerprint density at radius 1 is 1.35 bits per heavy atom. The molecule has 2 aliphatic heterocycles. The Kier molecular flexibility index (Phi) is 4.31. The third-order valence-corrected chi connectivity index (χ3v) is 5.56. The summed E-state index contributed by atoms with van der Waals surface area (Å²) < 4.78 is 13.5. The topological polar surface area (TPSA) is 50.6 Å². The lowest BCUT2D eigenvalue weighted by Gasteiger charge is -2.38. The monoisotopic (exact) mass is 354 g/mol. The summed E-state index contributed by atoms with van der Waals surface area (Å²) in [5.41, 5.74) is 1.01. The molecule has 0 radical (unpaired) electrons. The van der Waals surface area contributed by atoms with Crippen LogP contribution in [-0.2, 0) is 11.2 Å². The number of rotatable bonds is 3. The lowest BCUT2D eigenvalue weighted by Crippen LogP contribution is -2.52. The minimum absolute atomic E-state index is 0.0887. The van der Waals surface area contributed by atoms with Gasteiger partial charge < -0.3 is 14.7 Å². The lowest BCUT2D eigenvalue weighted by atomic mass is 10.1. The number of nitriles is 1. The van der Waals surface area contributed by atoms with Crippen molar-refractivity contribution in [3.8, 4) is 6.07 Å². The molecule has 1 saturated carbocycles. The number of hydrogen-bond acceptors (Lipinski definition) is 4. The van der Waals surface area contributed by atoms with Crippen LogP contribution in [0.1, 0.15) is 24.0 Å². The van der Waals surface area contributed by atoms with Gasteiger partial charge in [-0.2, -0.15) is 5.26 Å². The van der Waals surface area contributed by atoms with E-state index in [0.717, 1.165) is 50.4 Å². The van der Waals surface area contributed by atoms with E-state index in [4.69, 9.17) is 5.26 Å². The van der Waals surface area contributed by atoms with Gasteiger partial charge in [-0.25, -0.2) is 4.39 Å². The second-order valence-electron chi connectivity index (χ2n) is 7.48. The normalized spacial score (nSPS) is 24.0. The highest BCUT2D eigenvalue weighted by atomic mass is 19.1. The number of likely N-dealkylation sites (N-methyl/N-ethyl adjacent to an activating group) is 1. The van der Waals surface area contributed by atoms with E-state index in [-0.39, 0.29) is 11.5 Å². The molecule has 0 aromatic heterocycles. The lowest BCUT2D eigenvalue weighted by molar-refractivity contribution is -0.134. The van der Waals surface area contributed by atoms with Gasteiger partial charge in [0.25, 0.3) is 0 Å². The zero-order valence-corrected chi connectivity index (χ0v) is 15.0. The molecule has 136 valence electrons. The Hall–Kier alpha value is -2.55. The van der Waals surface area contributed by atoms with Crippen molar-refractivity contribution in [2.45, 2.75) is 25.3 Å². The molecular weight excluding hydrogens is 331 g/mol. The van der Waals surface area contributed by atoms with Crippen LogP contribution in [0.25, 0.3) is 0 Å². The summed E-state index contributed by atoms with van der Waals surface area (Å²) in [6, 6.07) is 6.93. The van der Waals surface area contributed by atoms with E-state index in [2.05, 4.69) is 22.9 Å². The van der Waals surface area contributed by atoms with Crippen molar-refractivity contribution in [1.29, 1.82) is 5.26 Å². The summed E-state index contributed by atoms with van der Waals surface area (Å²) in [7, 11) is 2.07. The Morgan fingerprint density at radius 3 is 2.88 bits per heavy atom. The average molecular weight is 354 g/mol. The number of halogens is 1. The molecule has 6 heteroatoms. The van der Waals surface area contributed by atoms with E-state index >= 15 is 0 Å². The number of benzene rings is 1. The first-order valence-electron chi connectivity index (χ1n) is 9.22. The molecular formula is C20H23FN4O. The van der Waals surface area contributed by atoms with Gasteiger partial charge in [0.2, 0.25) is 5.91 Å². The zero-order chi connectivity index (χ0) is 18.3. The molecule has 5 nitrogen and oxygen atoms in total. The Morgan fingerprint density at radius 2 is 2.15 bits per heavy atom. The van der Waals surface area contributed by atoms with Gasteiger partial charge in [0.15, 0.2) is 0 Å². The third-order valence-electron chi connectivity index (χ3n) is 5.56. The maximum Gasteiger partial charge on any atom is 0.225 e. The summed E-state index contributed by atoms with van der Waals surface area (Å²) >= 11 is 0. The number of hydrogen-bond donors (Lipinski definition) is 0. The fourth-order valence-corrected chi connectivity index (χ4v) is 4.00. The summed E-state index contributed by atoms with van der Waals surface area (Å²) in [5, 5.41) is 8.98. The first-order valence-corrected chi connectivity index (χ1v) is 9.22. The molecule has 0 bridgehead atoms. The van der Waals surface area contributed by atoms with Gasteiger partial charge in [0, 0.05) is 39.1 Å². The zero-order valence-electron chi connectivity index (χ0n) is 15.0. The van der Waals surface area contributed by atoms with E-state index < -0.39 is 5.82 Å². The Labute approximate surface area is 153 Å². The van der Waals surface area contributed by atoms with Crippen LogP contribution >= 0.6 is 0 Å². The Bertz CT molecular complexity index is 795. The van der Waals surface area contributed by atoms with Crippen LogP contribution in [-0.4, -0.2) is 59.9 Å². The molecule has 1 aliphatic carbocycles. The summed E-state index contributed by atoms with van der Waals surface area (Å²) in [6.07, 6.45) is 4.91. The number of carbonyl (C=O) groups excluding carboxylic acids is 1. The quantitative estimate of drug-likeness (QED) is 0.833. The van der Waals surface area contributed by atoms with Crippen molar-refractivity contribution in [2.75, 3.05) is 33.2 Å². The molecule has 26 heavy (non-hydrogen) atoms. The van der Waals surface area contributed by atoms with Crippen LogP contribution in [0.3, 0.4) is 0 Å². The van der Waals surface area contributed by atoms with Crippen LogP contribution in [0.2, 0.25) is 0 Å². The van der Waals surface area contributed by atoms with Crippen molar-refractivity contribution >= 4 is 5.91 Å². The third kappa shape index (κ3) is 3.14. The van der Waals surface area contributed by atoms with Gasteiger partial charge in [-0.05, 0) is 43.0 Å². The summed E-state index contributed by atoms with van der Waals surface area (Å²) in [4.78, 5) is 19.0. The predicted octanol–water partition coefficient (Wildman–Crippen LogP) is 1.95. The predicted molar refractivity (Wildman–Crippen MR) is 95.3 cm³/mol. The number of allylic oxidation sites excluding steroid dienone is 1. The maximum absolute atomic E-state index is 13.5. The molecule has 2 saturated heterocycles. The van der Waals surface area contributed by atoms with Gasteiger partial charge in [0.05, 0.1) is 11.6 Å². The molecule has 1 unspecified atom stereocenters. The van der Waals surface area contributed by atoms with Crippen molar-refractivity contribution in [3.05, 3.63) is 47.0 Å². The van der Waals surface area contributed by atoms with Crippen LogP contribution < -0.4 is 0 Å². The summed E-state index contributed by atoms with van der Waals surface area (Å²) in [6.45, 7) is 3.34. The fourth-order valence-electron chi connectivity index (χ4n) is 4.00. The maximum atomic E-state index is 13.5. The largest absolute Gasteiger partial charge is 0.359 e. The van der Waals surface area contributed by atoms with E-state index in [1.54, 1.807) is 12.1 Å². The molecule has 2 heterocycles. The first-order chi connectivity index (χ1) is 12.6. The van der Waals surface area contributed by atoms with Gasteiger partial charge in [0.1, 0.15) is 17.7 Å². The van der Waals surface area contributed by atoms with Gasteiger partial charge in [-0.3, -0.25) is 4.79 Å². The van der Waals surface area contributed by atoms with Gasteiger partial charge in [-0.15, -0.1) is 0 Å². The fraction of sp³-hybridized carbons (Fsp3) is 0.500. The number of amides is 1. The van der Waals surface area contributed by atoms with E-state index in [1.807, 2.05) is 11.0 Å². The molecule has 4 rings (SSSR count). The molecule has 3 fully saturated rings. The molecule has 1 aromatic rings. The SMILES string of the molecule is CN1CC2CN(C(=O)C3CC3)CCN2/C1=C/Cc1ccc(F)c(C#N)c1. The first kappa shape index (κ1) is 16.9. The van der Waals surface area contributed by atoms with Crippen molar-refractivity contribution in [1.82, 2.24) is 14.7 Å². The molecule has 0 spiro atoms. The molecule has 3 aliphatic rings. The summed E-state index contributed by atoms with van der Waals surface area (Å²) in [5.74, 6) is 1.30. The average Bonchev–Trinajstić information content (AvgIpc) is 3.44.